The molecule has 188 valence electrons. The van der Waals surface area contributed by atoms with E-state index in [1.807, 2.05) is 3.26 Å². The number of rotatable bonds is 4. The van der Waals surface area contributed by atoms with E-state index in [-0.39, 0.29) is 0 Å². The summed E-state index contributed by atoms with van der Waals surface area (Å²) in [4.78, 5) is 0. The summed E-state index contributed by atoms with van der Waals surface area (Å²) in [6.45, 7) is 0. The van der Waals surface area contributed by atoms with Gasteiger partial charge < -0.3 is 0 Å². The molecule has 0 amide bonds. The summed E-state index contributed by atoms with van der Waals surface area (Å²) >= 11 is -3.85. The van der Waals surface area contributed by atoms with Crippen LogP contribution in [0.3, 0.4) is 0 Å². The normalized spacial score (nSPS) is 20.1. The Morgan fingerprint density at radius 3 is 1.42 bits per heavy atom. The third-order valence-corrected chi connectivity index (χ3v) is 37.4. The van der Waals surface area contributed by atoms with Gasteiger partial charge in [-0.2, -0.15) is 0 Å². The molecule has 7 rings (SSSR count). The second kappa shape index (κ2) is 9.09. The van der Waals surface area contributed by atoms with Gasteiger partial charge in [-0.25, -0.2) is 0 Å². The van der Waals surface area contributed by atoms with Gasteiger partial charge in [0.2, 0.25) is 0 Å². The van der Waals surface area contributed by atoms with Crippen molar-refractivity contribution in [3.8, 4) is 22.3 Å². The first-order valence-corrected chi connectivity index (χ1v) is 27.5. The Labute approximate surface area is 228 Å². The van der Waals surface area contributed by atoms with Gasteiger partial charge in [0.25, 0.3) is 0 Å². The molecule has 1 fully saturated rings. The van der Waals surface area contributed by atoms with Crippen LogP contribution in [0.5, 0.6) is 0 Å². The standard InChI is InChI=1S/2C15H11.C5H8.2CH3.Hf/c2*1-2-6-12(7-3-1)14-10-4-8-13-9-5-11-15(13)14;1-2-4-5-3-1;;;/h2*1-11H;1-4H2;2*1H3;. The van der Waals surface area contributed by atoms with Crippen LogP contribution in [0.2, 0.25) is 9.36 Å². The fourth-order valence-corrected chi connectivity index (χ4v) is 33.3. The Kier molecular flexibility index (Phi) is 5.78. The van der Waals surface area contributed by atoms with Crippen molar-refractivity contribution >= 4 is 15.4 Å². The van der Waals surface area contributed by atoms with E-state index >= 15 is 0 Å². The summed E-state index contributed by atoms with van der Waals surface area (Å²) < 4.78 is 8.68. The third kappa shape index (κ3) is 3.54. The first-order chi connectivity index (χ1) is 18.6. The van der Waals surface area contributed by atoms with Crippen LogP contribution in [0.4, 0.5) is 0 Å². The molecule has 2 unspecified atom stereocenters. The van der Waals surface area contributed by atoms with Gasteiger partial charge in [0.15, 0.2) is 0 Å². The van der Waals surface area contributed by atoms with E-state index in [1.54, 1.807) is 11.1 Å². The van der Waals surface area contributed by atoms with E-state index in [0.29, 0.717) is 7.35 Å². The molecule has 4 aromatic carbocycles. The van der Waals surface area contributed by atoms with Gasteiger partial charge in [-0.05, 0) is 0 Å². The summed E-state index contributed by atoms with van der Waals surface area (Å²) in [5.74, 6) is 0. The number of hydrogen-bond acceptors (Lipinski definition) is 0. The van der Waals surface area contributed by atoms with Gasteiger partial charge in [-0.1, -0.05) is 0 Å². The molecule has 1 heteroatoms. The minimum absolute atomic E-state index is 0.541. The summed E-state index contributed by atoms with van der Waals surface area (Å²) in [5, 5.41) is 0. The predicted octanol–water partition coefficient (Wildman–Crippen LogP) is 10.4. The SMILES string of the molecule is [CH3][Hf]([CH3])(=[C]1CCCC1)([CH]1C=Cc2c(-c3ccccc3)cccc21)[CH]1C=Cc2c(-c3ccccc3)cccc21. The van der Waals surface area contributed by atoms with Crippen LogP contribution < -0.4 is 0 Å². The Bertz CT molecular complexity index is 1540. The fourth-order valence-electron chi connectivity index (χ4n) is 8.18. The van der Waals surface area contributed by atoms with Gasteiger partial charge in [-0.3, -0.25) is 0 Å². The van der Waals surface area contributed by atoms with Gasteiger partial charge in [-0.15, -0.1) is 0 Å². The zero-order valence-electron chi connectivity index (χ0n) is 22.5. The first kappa shape index (κ1) is 24.2. The van der Waals surface area contributed by atoms with Crippen molar-refractivity contribution in [2.45, 2.75) is 42.4 Å². The fraction of sp³-hybridized carbons (Fsp3) is 0.216. The van der Waals surface area contributed by atoms with E-state index in [2.05, 4.69) is 131 Å². The van der Waals surface area contributed by atoms with E-state index < -0.39 is 18.0 Å². The van der Waals surface area contributed by atoms with Crippen LogP contribution in [0, 0.1) is 0 Å². The van der Waals surface area contributed by atoms with Crippen LogP contribution in [-0.4, -0.2) is 3.26 Å². The van der Waals surface area contributed by atoms with Crippen molar-refractivity contribution in [2.75, 3.05) is 0 Å². The zero-order valence-corrected chi connectivity index (χ0v) is 26.1. The van der Waals surface area contributed by atoms with Crippen LogP contribution in [0.15, 0.2) is 109 Å². The summed E-state index contributed by atoms with van der Waals surface area (Å²) in [7, 11) is 0. The molecule has 0 bridgehead atoms. The molecule has 3 aliphatic rings. The van der Waals surface area contributed by atoms with Crippen molar-refractivity contribution in [3.05, 3.63) is 131 Å². The Balaban J connectivity index is 1.43. The third-order valence-electron chi connectivity index (χ3n) is 10.3. The Hall–Kier alpha value is -2.90. The molecular formula is C37H36Hf. The van der Waals surface area contributed by atoms with Crippen molar-refractivity contribution in [3.63, 3.8) is 0 Å². The van der Waals surface area contributed by atoms with Crippen LogP contribution in [-0.2, 0) is 18.0 Å². The van der Waals surface area contributed by atoms with E-state index in [0.717, 1.165) is 0 Å². The summed E-state index contributed by atoms with van der Waals surface area (Å²) in [6, 6.07) is 36.1. The average Bonchev–Trinajstić information content (AvgIpc) is 3.74. The summed E-state index contributed by atoms with van der Waals surface area (Å²) in [5.41, 5.74) is 11.5. The molecule has 0 aliphatic heterocycles. The molecule has 0 aromatic heterocycles. The maximum atomic E-state index is 2.82. The number of hydrogen-bond donors (Lipinski definition) is 0. The van der Waals surface area contributed by atoms with Gasteiger partial charge in [0.05, 0.1) is 0 Å². The van der Waals surface area contributed by atoms with Crippen molar-refractivity contribution in [1.29, 1.82) is 0 Å². The quantitative estimate of drug-likeness (QED) is 0.191. The maximum absolute atomic E-state index is 3.85. The molecule has 0 saturated heterocycles. The Morgan fingerprint density at radius 1 is 0.526 bits per heavy atom. The molecule has 0 radical (unpaired) electrons. The molecule has 4 aromatic rings. The van der Waals surface area contributed by atoms with E-state index in [1.165, 1.54) is 59.1 Å². The van der Waals surface area contributed by atoms with Gasteiger partial charge >= 0.3 is 230 Å². The number of benzene rings is 4. The van der Waals surface area contributed by atoms with E-state index in [9.17, 15) is 0 Å². The summed E-state index contributed by atoms with van der Waals surface area (Å²) in [6.07, 6.45) is 15.6. The first-order valence-electron chi connectivity index (χ1n) is 14.3. The molecule has 0 heterocycles. The van der Waals surface area contributed by atoms with Gasteiger partial charge in [0, 0.05) is 0 Å². The van der Waals surface area contributed by atoms with Crippen LogP contribution >= 0.6 is 0 Å². The number of allylic oxidation sites excluding steroid dienone is 2. The molecule has 3 aliphatic carbocycles. The molecule has 38 heavy (non-hydrogen) atoms. The minimum atomic E-state index is -3.85. The molecule has 0 spiro atoms. The molecule has 2 atom stereocenters. The zero-order chi connectivity index (χ0) is 25.8. The topological polar surface area (TPSA) is 0 Å². The Morgan fingerprint density at radius 2 is 0.974 bits per heavy atom. The van der Waals surface area contributed by atoms with Crippen LogP contribution in [0.25, 0.3) is 34.4 Å². The second-order valence-electron chi connectivity index (χ2n) is 12.4. The molecule has 0 N–H and O–H groups in total. The average molecular weight is 659 g/mol. The van der Waals surface area contributed by atoms with Crippen molar-refractivity contribution < 1.29 is 18.0 Å². The molecule has 1 saturated carbocycles. The van der Waals surface area contributed by atoms with Crippen molar-refractivity contribution in [1.82, 2.24) is 0 Å². The second-order valence-corrected chi connectivity index (χ2v) is 38.2. The predicted molar refractivity (Wildman–Crippen MR) is 163 cm³/mol. The molecule has 0 nitrogen and oxygen atoms in total. The molecular weight excluding hydrogens is 623 g/mol. The monoisotopic (exact) mass is 660 g/mol. The van der Waals surface area contributed by atoms with Crippen molar-refractivity contribution in [2.24, 2.45) is 0 Å². The van der Waals surface area contributed by atoms with Crippen LogP contribution in [0.1, 0.15) is 55.3 Å². The van der Waals surface area contributed by atoms with Gasteiger partial charge in [0.1, 0.15) is 0 Å². The van der Waals surface area contributed by atoms with E-state index in [4.69, 9.17) is 0 Å². The number of fused-ring (bicyclic) bond motifs is 2.